The summed E-state index contributed by atoms with van der Waals surface area (Å²) in [5.41, 5.74) is 0.800. The SMILES string of the molecule is CCCOC(=O)Cc1ccc(OC)cc1OC. The Balaban J connectivity index is 2.73. The van der Waals surface area contributed by atoms with Crippen LogP contribution in [0.4, 0.5) is 0 Å². The van der Waals surface area contributed by atoms with Crippen LogP contribution in [0.1, 0.15) is 18.9 Å². The van der Waals surface area contributed by atoms with Crippen LogP contribution in [0.5, 0.6) is 11.5 Å². The first-order chi connectivity index (χ1) is 8.21. The Hall–Kier alpha value is -1.71. The molecule has 0 N–H and O–H groups in total. The third kappa shape index (κ3) is 3.98. The second kappa shape index (κ2) is 6.78. The molecule has 0 aliphatic carbocycles. The summed E-state index contributed by atoms with van der Waals surface area (Å²) < 4.78 is 15.3. The van der Waals surface area contributed by atoms with E-state index >= 15 is 0 Å². The number of hydrogen-bond acceptors (Lipinski definition) is 4. The minimum atomic E-state index is -0.240. The van der Waals surface area contributed by atoms with Gasteiger partial charge in [-0.15, -0.1) is 0 Å². The molecule has 0 aliphatic heterocycles. The summed E-state index contributed by atoms with van der Waals surface area (Å²) in [5, 5.41) is 0. The van der Waals surface area contributed by atoms with Crippen molar-refractivity contribution < 1.29 is 19.0 Å². The molecule has 0 heterocycles. The number of hydrogen-bond donors (Lipinski definition) is 0. The maximum Gasteiger partial charge on any atom is 0.310 e. The number of methoxy groups -OCH3 is 2. The molecule has 1 aromatic rings. The van der Waals surface area contributed by atoms with Gasteiger partial charge in [-0.2, -0.15) is 0 Å². The molecule has 17 heavy (non-hydrogen) atoms. The van der Waals surface area contributed by atoms with E-state index in [1.54, 1.807) is 26.4 Å². The number of esters is 1. The zero-order valence-electron chi connectivity index (χ0n) is 10.5. The Morgan fingerprint density at radius 3 is 2.59 bits per heavy atom. The quantitative estimate of drug-likeness (QED) is 0.713. The van der Waals surface area contributed by atoms with Crippen LogP contribution in [-0.2, 0) is 16.0 Å². The average molecular weight is 238 g/mol. The van der Waals surface area contributed by atoms with Gasteiger partial charge in [0.1, 0.15) is 11.5 Å². The van der Waals surface area contributed by atoms with Gasteiger partial charge >= 0.3 is 5.97 Å². The van der Waals surface area contributed by atoms with Crippen LogP contribution in [0.2, 0.25) is 0 Å². The highest BCUT2D eigenvalue weighted by Gasteiger charge is 2.10. The van der Waals surface area contributed by atoms with Gasteiger partial charge in [-0.3, -0.25) is 4.79 Å². The summed E-state index contributed by atoms with van der Waals surface area (Å²) in [6, 6.07) is 5.36. The first-order valence-corrected chi connectivity index (χ1v) is 5.57. The van der Waals surface area contributed by atoms with Crippen LogP contribution in [0.25, 0.3) is 0 Å². The lowest BCUT2D eigenvalue weighted by atomic mass is 10.1. The molecular weight excluding hydrogens is 220 g/mol. The number of carbonyl (C=O) groups is 1. The topological polar surface area (TPSA) is 44.8 Å². The molecule has 0 unspecified atom stereocenters. The largest absolute Gasteiger partial charge is 0.497 e. The fraction of sp³-hybridized carbons (Fsp3) is 0.462. The molecule has 0 aromatic heterocycles. The van der Waals surface area contributed by atoms with Crippen molar-refractivity contribution in [3.63, 3.8) is 0 Å². The Labute approximate surface area is 101 Å². The molecule has 0 amide bonds. The number of carbonyl (C=O) groups excluding carboxylic acids is 1. The summed E-state index contributed by atoms with van der Waals surface area (Å²) in [6.07, 6.45) is 1.04. The third-order valence-corrected chi connectivity index (χ3v) is 2.30. The summed E-state index contributed by atoms with van der Waals surface area (Å²) in [5.74, 6) is 1.10. The highest BCUT2D eigenvalue weighted by molar-refractivity contribution is 5.73. The first kappa shape index (κ1) is 13.4. The van der Waals surface area contributed by atoms with Crippen molar-refractivity contribution in [2.45, 2.75) is 19.8 Å². The third-order valence-electron chi connectivity index (χ3n) is 2.30. The molecule has 1 aromatic carbocycles. The van der Waals surface area contributed by atoms with Gasteiger partial charge in [0.05, 0.1) is 27.2 Å². The van der Waals surface area contributed by atoms with Crippen molar-refractivity contribution in [2.75, 3.05) is 20.8 Å². The van der Waals surface area contributed by atoms with Gasteiger partial charge in [0.25, 0.3) is 0 Å². The van der Waals surface area contributed by atoms with Gasteiger partial charge in [0.15, 0.2) is 0 Å². The van der Waals surface area contributed by atoms with E-state index in [4.69, 9.17) is 14.2 Å². The molecule has 0 saturated carbocycles. The van der Waals surface area contributed by atoms with Crippen LogP contribution in [0.15, 0.2) is 18.2 Å². The van der Waals surface area contributed by atoms with E-state index in [1.807, 2.05) is 13.0 Å². The molecule has 4 heteroatoms. The van der Waals surface area contributed by atoms with Crippen LogP contribution in [0.3, 0.4) is 0 Å². The predicted octanol–water partition coefficient (Wildman–Crippen LogP) is 2.20. The summed E-state index contributed by atoms with van der Waals surface area (Å²) >= 11 is 0. The Bertz CT molecular complexity index is 374. The molecule has 1 rings (SSSR count). The molecule has 0 spiro atoms. The minimum absolute atomic E-state index is 0.215. The first-order valence-electron chi connectivity index (χ1n) is 5.57. The van der Waals surface area contributed by atoms with Gasteiger partial charge in [-0.05, 0) is 12.5 Å². The minimum Gasteiger partial charge on any atom is -0.497 e. The second-order valence-corrected chi connectivity index (χ2v) is 3.58. The Kier molecular flexibility index (Phi) is 5.33. The molecule has 94 valence electrons. The maximum atomic E-state index is 11.5. The lowest BCUT2D eigenvalue weighted by Gasteiger charge is -2.10. The summed E-state index contributed by atoms with van der Waals surface area (Å²) in [4.78, 5) is 11.5. The van der Waals surface area contributed by atoms with Crippen LogP contribution in [0, 0.1) is 0 Å². The average Bonchev–Trinajstić information content (AvgIpc) is 2.36. The molecule has 0 radical (unpaired) electrons. The predicted molar refractivity (Wildman–Crippen MR) is 64.5 cm³/mol. The van der Waals surface area contributed by atoms with Gasteiger partial charge in [0, 0.05) is 11.6 Å². The summed E-state index contributed by atoms with van der Waals surface area (Å²) in [6.45, 7) is 2.42. The zero-order valence-corrected chi connectivity index (χ0v) is 10.5. The Morgan fingerprint density at radius 2 is 2.00 bits per heavy atom. The molecule has 0 fully saturated rings. The molecule has 0 bridgehead atoms. The highest BCUT2D eigenvalue weighted by atomic mass is 16.5. The number of rotatable bonds is 6. The normalized spacial score (nSPS) is 9.82. The molecule has 0 atom stereocenters. The van der Waals surface area contributed by atoms with E-state index in [-0.39, 0.29) is 12.4 Å². The fourth-order valence-corrected chi connectivity index (χ4v) is 1.42. The molecule has 0 saturated heterocycles. The maximum absolute atomic E-state index is 11.5. The molecule has 0 aliphatic rings. The highest BCUT2D eigenvalue weighted by Crippen LogP contribution is 2.25. The monoisotopic (exact) mass is 238 g/mol. The second-order valence-electron chi connectivity index (χ2n) is 3.58. The van der Waals surface area contributed by atoms with E-state index in [0.717, 1.165) is 12.0 Å². The van der Waals surface area contributed by atoms with Crippen LogP contribution >= 0.6 is 0 Å². The van der Waals surface area contributed by atoms with Gasteiger partial charge < -0.3 is 14.2 Å². The lowest BCUT2D eigenvalue weighted by Crippen LogP contribution is -2.09. The van der Waals surface area contributed by atoms with Crippen molar-refractivity contribution in [1.29, 1.82) is 0 Å². The lowest BCUT2D eigenvalue weighted by molar-refractivity contribution is -0.142. The molecular formula is C13H18O4. The fourth-order valence-electron chi connectivity index (χ4n) is 1.42. The van der Waals surface area contributed by atoms with Gasteiger partial charge in [-0.1, -0.05) is 13.0 Å². The summed E-state index contributed by atoms with van der Waals surface area (Å²) in [7, 11) is 3.15. The van der Waals surface area contributed by atoms with E-state index in [0.29, 0.717) is 18.1 Å². The van der Waals surface area contributed by atoms with Gasteiger partial charge in [-0.25, -0.2) is 0 Å². The zero-order chi connectivity index (χ0) is 12.7. The van der Waals surface area contributed by atoms with E-state index < -0.39 is 0 Å². The van der Waals surface area contributed by atoms with E-state index in [1.165, 1.54) is 0 Å². The Morgan fingerprint density at radius 1 is 1.24 bits per heavy atom. The van der Waals surface area contributed by atoms with E-state index in [9.17, 15) is 4.79 Å². The van der Waals surface area contributed by atoms with Crippen molar-refractivity contribution >= 4 is 5.97 Å². The molecule has 4 nitrogen and oxygen atoms in total. The number of benzene rings is 1. The van der Waals surface area contributed by atoms with Crippen molar-refractivity contribution in [3.8, 4) is 11.5 Å². The van der Waals surface area contributed by atoms with Crippen LogP contribution in [-0.4, -0.2) is 26.8 Å². The van der Waals surface area contributed by atoms with Crippen molar-refractivity contribution in [2.24, 2.45) is 0 Å². The van der Waals surface area contributed by atoms with E-state index in [2.05, 4.69) is 0 Å². The smallest absolute Gasteiger partial charge is 0.310 e. The standard InChI is InChI=1S/C13H18O4/c1-4-7-17-13(14)8-10-5-6-11(15-2)9-12(10)16-3/h5-6,9H,4,7-8H2,1-3H3. The van der Waals surface area contributed by atoms with Crippen LogP contribution < -0.4 is 9.47 Å². The number of ether oxygens (including phenoxy) is 3. The van der Waals surface area contributed by atoms with Crippen molar-refractivity contribution in [3.05, 3.63) is 23.8 Å². The van der Waals surface area contributed by atoms with Gasteiger partial charge in [0.2, 0.25) is 0 Å². The van der Waals surface area contributed by atoms with Crippen molar-refractivity contribution in [1.82, 2.24) is 0 Å².